The minimum Gasteiger partial charge on any atom is -0.354 e. The molecule has 0 aliphatic carbocycles. The van der Waals surface area contributed by atoms with Gasteiger partial charge in [0.2, 0.25) is 5.91 Å². The van der Waals surface area contributed by atoms with Crippen molar-refractivity contribution in [1.29, 1.82) is 0 Å². The molecule has 1 aromatic heterocycles. The molecule has 1 heterocycles. The van der Waals surface area contributed by atoms with Crippen LogP contribution in [0.1, 0.15) is 24.2 Å². The van der Waals surface area contributed by atoms with Crippen molar-refractivity contribution in [2.45, 2.75) is 26.3 Å². The van der Waals surface area contributed by atoms with Gasteiger partial charge in [0.15, 0.2) is 0 Å². The molecule has 0 unspecified atom stereocenters. The lowest BCUT2D eigenvalue weighted by molar-refractivity contribution is -0.121. The molecule has 0 fully saturated rings. The monoisotopic (exact) mass is 307 g/mol. The molecule has 1 amide bonds. The molecule has 1 N–H and O–H groups in total. The van der Waals surface area contributed by atoms with Crippen molar-refractivity contribution in [3.63, 3.8) is 0 Å². The van der Waals surface area contributed by atoms with Crippen molar-refractivity contribution in [3.05, 3.63) is 66.0 Å². The summed E-state index contributed by atoms with van der Waals surface area (Å²) in [5, 5.41) is 3.02. The Balaban J connectivity index is 1.64. The number of carbonyl (C=O) groups is 1. The van der Waals surface area contributed by atoms with Crippen LogP contribution in [0.15, 0.2) is 54.6 Å². The maximum Gasteiger partial charge on any atom is 0.240 e. The second-order valence-electron chi connectivity index (χ2n) is 5.85. The van der Waals surface area contributed by atoms with Crippen LogP contribution < -0.4 is 5.32 Å². The average Bonchev–Trinajstić information content (AvgIpc) is 2.89. The molecule has 3 aromatic rings. The molecule has 0 radical (unpaired) electrons. The zero-order valence-electron chi connectivity index (χ0n) is 13.5. The fourth-order valence-corrected chi connectivity index (χ4v) is 2.76. The maximum absolute atomic E-state index is 12.3. The molecule has 118 valence electrons. The Bertz CT molecular complexity index is 808. The van der Waals surface area contributed by atoms with Crippen LogP contribution in [0.2, 0.25) is 0 Å². The Hall–Kier alpha value is -2.62. The number of fused-ring (bicyclic) bond motifs is 1. The van der Waals surface area contributed by atoms with Crippen molar-refractivity contribution in [2.75, 3.05) is 6.54 Å². The van der Waals surface area contributed by atoms with E-state index in [1.165, 1.54) is 5.56 Å². The van der Waals surface area contributed by atoms with Crippen molar-refractivity contribution in [1.82, 2.24) is 14.9 Å². The molecule has 4 heteroatoms. The Morgan fingerprint density at radius 2 is 1.83 bits per heavy atom. The predicted octanol–water partition coefficient (Wildman–Crippen LogP) is 3.26. The van der Waals surface area contributed by atoms with Crippen LogP contribution in [-0.2, 0) is 11.3 Å². The fraction of sp³-hybridized carbons (Fsp3) is 0.263. The van der Waals surface area contributed by atoms with Crippen LogP contribution in [0.25, 0.3) is 11.0 Å². The average molecular weight is 307 g/mol. The minimum atomic E-state index is 0.0130. The Kier molecular flexibility index (Phi) is 4.42. The zero-order chi connectivity index (χ0) is 16.2. The second-order valence-corrected chi connectivity index (χ2v) is 5.85. The molecule has 0 bridgehead atoms. The van der Waals surface area contributed by atoms with E-state index in [1.807, 2.05) is 54.0 Å². The fourth-order valence-electron chi connectivity index (χ4n) is 2.76. The van der Waals surface area contributed by atoms with E-state index in [0.29, 0.717) is 19.0 Å². The van der Waals surface area contributed by atoms with Gasteiger partial charge in [-0.1, -0.05) is 49.4 Å². The summed E-state index contributed by atoms with van der Waals surface area (Å²) in [5.41, 5.74) is 3.16. The van der Waals surface area contributed by atoms with E-state index in [9.17, 15) is 4.79 Å². The van der Waals surface area contributed by atoms with E-state index in [-0.39, 0.29) is 5.91 Å². The van der Waals surface area contributed by atoms with E-state index in [1.54, 1.807) is 0 Å². The van der Waals surface area contributed by atoms with Gasteiger partial charge in [-0.05, 0) is 30.5 Å². The summed E-state index contributed by atoms with van der Waals surface area (Å²) in [6.45, 7) is 4.98. The van der Waals surface area contributed by atoms with Gasteiger partial charge in [0.25, 0.3) is 0 Å². The van der Waals surface area contributed by atoms with Crippen LogP contribution in [0.4, 0.5) is 0 Å². The van der Waals surface area contributed by atoms with Crippen LogP contribution >= 0.6 is 0 Å². The van der Waals surface area contributed by atoms with E-state index in [4.69, 9.17) is 0 Å². The van der Waals surface area contributed by atoms with Crippen LogP contribution in [0.3, 0.4) is 0 Å². The highest BCUT2D eigenvalue weighted by Crippen LogP contribution is 2.16. The van der Waals surface area contributed by atoms with Gasteiger partial charge < -0.3 is 9.88 Å². The normalized spacial score (nSPS) is 12.3. The lowest BCUT2D eigenvalue weighted by Crippen LogP contribution is -2.31. The summed E-state index contributed by atoms with van der Waals surface area (Å²) >= 11 is 0. The molecule has 1 atom stereocenters. The van der Waals surface area contributed by atoms with Crippen molar-refractivity contribution in [2.24, 2.45) is 0 Å². The van der Waals surface area contributed by atoms with Crippen molar-refractivity contribution in [3.8, 4) is 0 Å². The van der Waals surface area contributed by atoms with Gasteiger partial charge in [0.05, 0.1) is 11.0 Å². The first kappa shape index (κ1) is 15.3. The Morgan fingerprint density at radius 3 is 2.61 bits per heavy atom. The summed E-state index contributed by atoms with van der Waals surface area (Å²) in [7, 11) is 0. The molecule has 0 saturated carbocycles. The van der Waals surface area contributed by atoms with Gasteiger partial charge >= 0.3 is 0 Å². The SMILES string of the molecule is Cc1nc2ccccc2n1CC(=O)NC[C@H](C)c1ccccc1. The third-order valence-electron chi connectivity index (χ3n) is 4.12. The van der Waals surface area contributed by atoms with Gasteiger partial charge in [0.1, 0.15) is 12.4 Å². The molecule has 0 aliphatic heterocycles. The predicted molar refractivity (Wildman–Crippen MR) is 92.3 cm³/mol. The summed E-state index contributed by atoms with van der Waals surface area (Å²) in [5.74, 6) is 1.16. The number of hydrogen-bond donors (Lipinski definition) is 1. The van der Waals surface area contributed by atoms with Gasteiger partial charge in [-0.2, -0.15) is 0 Å². The molecule has 4 nitrogen and oxygen atoms in total. The summed E-state index contributed by atoms with van der Waals surface area (Å²) in [6.07, 6.45) is 0. The summed E-state index contributed by atoms with van der Waals surface area (Å²) in [6, 6.07) is 18.1. The molecule has 0 spiro atoms. The third-order valence-corrected chi connectivity index (χ3v) is 4.12. The minimum absolute atomic E-state index is 0.0130. The first-order chi connectivity index (χ1) is 11.1. The molecular formula is C19H21N3O. The zero-order valence-corrected chi connectivity index (χ0v) is 13.5. The van der Waals surface area contributed by atoms with Gasteiger partial charge in [0, 0.05) is 6.54 Å². The number of amides is 1. The van der Waals surface area contributed by atoms with E-state index in [2.05, 4.69) is 29.4 Å². The number of aromatic nitrogens is 2. The number of hydrogen-bond acceptors (Lipinski definition) is 2. The Labute approximate surface area is 136 Å². The van der Waals surface area contributed by atoms with E-state index < -0.39 is 0 Å². The van der Waals surface area contributed by atoms with Gasteiger partial charge in [-0.25, -0.2) is 4.98 Å². The molecule has 23 heavy (non-hydrogen) atoms. The third kappa shape index (κ3) is 3.42. The van der Waals surface area contributed by atoms with E-state index in [0.717, 1.165) is 16.9 Å². The maximum atomic E-state index is 12.3. The highest BCUT2D eigenvalue weighted by atomic mass is 16.1. The molecular weight excluding hydrogens is 286 g/mol. The first-order valence-corrected chi connectivity index (χ1v) is 7.88. The number of aryl methyl sites for hydroxylation is 1. The molecule has 2 aromatic carbocycles. The number of nitrogens with zero attached hydrogens (tertiary/aromatic N) is 2. The molecule has 0 saturated heterocycles. The Morgan fingerprint density at radius 1 is 1.13 bits per heavy atom. The number of para-hydroxylation sites is 2. The highest BCUT2D eigenvalue weighted by Gasteiger charge is 2.12. The highest BCUT2D eigenvalue weighted by molar-refractivity contribution is 5.81. The lowest BCUT2D eigenvalue weighted by atomic mass is 10.0. The van der Waals surface area contributed by atoms with Crippen molar-refractivity contribution < 1.29 is 4.79 Å². The number of benzene rings is 2. The van der Waals surface area contributed by atoms with Gasteiger partial charge in [-0.3, -0.25) is 4.79 Å². The molecule has 0 aliphatic rings. The van der Waals surface area contributed by atoms with Crippen LogP contribution in [0.5, 0.6) is 0 Å². The quantitative estimate of drug-likeness (QED) is 0.786. The second kappa shape index (κ2) is 6.65. The first-order valence-electron chi connectivity index (χ1n) is 7.88. The lowest BCUT2D eigenvalue weighted by Gasteiger charge is -2.14. The van der Waals surface area contributed by atoms with E-state index >= 15 is 0 Å². The number of carbonyl (C=O) groups excluding carboxylic acids is 1. The van der Waals surface area contributed by atoms with Crippen LogP contribution in [0, 0.1) is 6.92 Å². The summed E-state index contributed by atoms with van der Waals surface area (Å²) in [4.78, 5) is 16.8. The number of rotatable bonds is 5. The van der Waals surface area contributed by atoms with Crippen molar-refractivity contribution >= 4 is 16.9 Å². The van der Waals surface area contributed by atoms with Gasteiger partial charge in [-0.15, -0.1) is 0 Å². The standard InChI is InChI=1S/C19H21N3O/c1-14(16-8-4-3-5-9-16)12-20-19(23)13-22-15(2)21-17-10-6-7-11-18(17)22/h3-11,14H,12-13H2,1-2H3,(H,20,23)/t14-/m0/s1. The topological polar surface area (TPSA) is 46.9 Å². The largest absolute Gasteiger partial charge is 0.354 e. The number of nitrogens with one attached hydrogen (secondary N) is 1. The molecule has 3 rings (SSSR count). The summed E-state index contributed by atoms with van der Waals surface area (Å²) < 4.78 is 1.96. The van der Waals surface area contributed by atoms with Crippen LogP contribution in [-0.4, -0.2) is 22.0 Å². The smallest absolute Gasteiger partial charge is 0.240 e. The number of imidazole rings is 1.